The standard InChI is InChI=1S/C14H12O2/c15-13-9-5-1-3-7-11(13)12-8-4-2-6-10-14(12)16/h1-9,16H,10H2. The molecule has 0 radical (unpaired) electrons. The molecule has 0 saturated carbocycles. The van der Waals surface area contributed by atoms with E-state index < -0.39 is 0 Å². The molecule has 0 saturated heterocycles. The lowest BCUT2D eigenvalue weighted by molar-refractivity contribution is 0.405. The van der Waals surface area contributed by atoms with Crippen molar-refractivity contribution in [2.45, 2.75) is 6.42 Å². The number of aliphatic hydroxyl groups is 1. The smallest absolute Gasteiger partial charge is 0.186 e. The Balaban J connectivity index is 2.61. The molecule has 0 bridgehead atoms. The van der Waals surface area contributed by atoms with Crippen LogP contribution in [0.15, 0.2) is 65.2 Å². The van der Waals surface area contributed by atoms with Crippen LogP contribution in [0.2, 0.25) is 0 Å². The van der Waals surface area contributed by atoms with Crippen LogP contribution >= 0.6 is 0 Å². The van der Waals surface area contributed by atoms with Crippen molar-refractivity contribution >= 4 is 5.57 Å². The lowest BCUT2D eigenvalue weighted by Gasteiger charge is -2.02. The first-order chi connectivity index (χ1) is 7.79. The van der Waals surface area contributed by atoms with Crippen LogP contribution in [0.3, 0.4) is 0 Å². The lowest BCUT2D eigenvalue weighted by atomic mass is 10.1. The van der Waals surface area contributed by atoms with Gasteiger partial charge in [0.15, 0.2) is 5.43 Å². The van der Waals surface area contributed by atoms with Gasteiger partial charge in [0.25, 0.3) is 0 Å². The van der Waals surface area contributed by atoms with Crippen molar-refractivity contribution < 1.29 is 5.11 Å². The predicted octanol–water partition coefficient (Wildman–Crippen LogP) is 2.83. The molecule has 1 aromatic rings. The molecule has 0 spiro atoms. The average molecular weight is 212 g/mol. The Hall–Kier alpha value is -2.09. The minimum atomic E-state index is -0.0851. The first-order valence-electron chi connectivity index (χ1n) is 5.14. The van der Waals surface area contributed by atoms with E-state index in [0.717, 1.165) is 0 Å². The molecule has 0 atom stereocenters. The Labute approximate surface area is 93.9 Å². The van der Waals surface area contributed by atoms with Crippen LogP contribution in [-0.4, -0.2) is 5.11 Å². The van der Waals surface area contributed by atoms with Gasteiger partial charge in [0.1, 0.15) is 5.76 Å². The maximum atomic E-state index is 11.8. The summed E-state index contributed by atoms with van der Waals surface area (Å²) in [6.45, 7) is 0. The van der Waals surface area contributed by atoms with Gasteiger partial charge in [-0.25, -0.2) is 0 Å². The fraction of sp³-hybridized carbons (Fsp3) is 0.0714. The third kappa shape index (κ3) is 2.11. The van der Waals surface area contributed by atoms with E-state index in [0.29, 0.717) is 17.6 Å². The van der Waals surface area contributed by atoms with Gasteiger partial charge in [0, 0.05) is 17.6 Å². The van der Waals surface area contributed by atoms with Gasteiger partial charge in [-0.3, -0.25) is 4.79 Å². The molecule has 0 fully saturated rings. The number of hydrogen-bond acceptors (Lipinski definition) is 2. The zero-order chi connectivity index (χ0) is 11.4. The zero-order valence-electron chi connectivity index (χ0n) is 8.76. The second kappa shape index (κ2) is 4.62. The topological polar surface area (TPSA) is 37.3 Å². The highest BCUT2D eigenvalue weighted by atomic mass is 16.3. The second-order valence-electron chi connectivity index (χ2n) is 3.54. The first-order valence-corrected chi connectivity index (χ1v) is 5.14. The van der Waals surface area contributed by atoms with E-state index in [1.807, 2.05) is 18.2 Å². The minimum absolute atomic E-state index is 0.0851. The summed E-state index contributed by atoms with van der Waals surface area (Å²) in [5, 5.41) is 9.85. The highest BCUT2D eigenvalue weighted by molar-refractivity contribution is 5.76. The van der Waals surface area contributed by atoms with Gasteiger partial charge in [-0.05, 0) is 6.07 Å². The molecule has 2 rings (SSSR count). The minimum Gasteiger partial charge on any atom is -0.511 e. The molecule has 2 nitrogen and oxygen atoms in total. The molecule has 0 aromatic heterocycles. The molecule has 1 aliphatic rings. The number of allylic oxidation sites excluding steroid dienone is 5. The fourth-order valence-corrected chi connectivity index (χ4v) is 1.61. The van der Waals surface area contributed by atoms with Crippen LogP contribution in [-0.2, 0) is 0 Å². The maximum absolute atomic E-state index is 11.8. The molecule has 1 N–H and O–H groups in total. The third-order valence-corrected chi connectivity index (χ3v) is 2.42. The highest BCUT2D eigenvalue weighted by Crippen LogP contribution is 2.20. The zero-order valence-corrected chi connectivity index (χ0v) is 8.76. The van der Waals surface area contributed by atoms with E-state index in [1.54, 1.807) is 30.3 Å². The molecule has 0 amide bonds. The van der Waals surface area contributed by atoms with Gasteiger partial charge in [-0.2, -0.15) is 0 Å². The van der Waals surface area contributed by atoms with Crippen LogP contribution in [0.5, 0.6) is 0 Å². The molecule has 0 aliphatic heterocycles. The summed E-state index contributed by atoms with van der Waals surface area (Å²) < 4.78 is 0. The van der Waals surface area contributed by atoms with Gasteiger partial charge in [-0.15, -0.1) is 0 Å². The summed E-state index contributed by atoms with van der Waals surface area (Å²) in [5.74, 6) is 0.230. The summed E-state index contributed by atoms with van der Waals surface area (Å²) in [7, 11) is 0. The first kappa shape index (κ1) is 10.4. The van der Waals surface area contributed by atoms with Crippen molar-refractivity contribution in [2.24, 2.45) is 0 Å². The monoisotopic (exact) mass is 212 g/mol. The van der Waals surface area contributed by atoms with Crippen LogP contribution in [0, 0.1) is 0 Å². The van der Waals surface area contributed by atoms with Gasteiger partial charge < -0.3 is 5.11 Å². The molecule has 80 valence electrons. The largest absolute Gasteiger partial charge is 0.511 e. The predicted molar refractivity (Wildman–Crippen MR) is 65.2 cm³/mol. The molecule has 0 unspecified atom stereocenters. The lowest BCUT2D eigenvalue weighted by Crippen LogP contribution is -2.03. The van der Waals surface area contributed by atoms with Crippen molar-refractivity contribution in [1.29, 1.82) is 0 Å². The Kier molecular flexibility index (Phi) is 3.01. The fourth-order valence-electron chi connectivity index (χ4n) is 1.61. The van der Waals surface area contributed by atoms with Crippen molar-refractivity contribution in [3.05, 3.63) is 76.2 Å². The summed E-state index contributed by atoms with van der Waals surface area (Å²) in [6, 6.07) is 8.51. The van der Waals surface area contributed by atoms with Crippen LogP contribution in [0.4, 0.5) is 0 Å². The summed E-state index contributed by atoms with van der Waals surface area (Å²) in [5.41, 5.74) is 1.05. The van der Waals surface area contributed by atoms with Crippen molar-refractivity contribution in [2.75, 3.05) is 0 Å². The van der Waals surface area contributed by atoms with Crippen molar-refractivity contribution in [3.63, 3.8) is 0 Å². The molecular weight excluding hydrogens is 200 g/mol. The number of rotatable bonds is 1. The molecule has 1 aliphatic carbocycles. The SMILES string of the molecule is O=c1cccccc1C1=C(O)CC=CC=C1. The van der Waals surface area contributed by atoms with E-state index in [2.05, 4.69) is 0 Å². The third-order valence-electron chi connectivity index (χ3n) is 2.42. The van der Waals surface area contributed by atoms with Crippen LogP contribution in [0.25, 0.3) is 5.57 Å². The van der Waals surface area contributed by atoms with E-state index >= 15 is 0 Å². The van der Waals surface area contributed by atoms with Crippen molar-refractivity contribution in [3.8, 4) is 0 Å². The molecule has 2 heteroatoms. The van der Waals surface area contributed by atoms with E-state index in [1.165, 1.54) is 6.07 Å². The second-order valence-corrected chi connectivity index (χ2v) is 3.54. The van der Waals surface area contributed by atoms with E-state index in [9.17, 15) is 9.90 Å². The van der Waals surface area contributed by atoms with Gasteiger partial charge in [0.2, 0.25) is 0 Å². The van der Waals surface area contributed by atoms with Gasteiger partial charge in [0.05, 0.1) is 0 Å². The number of aliphatic hydroxyl groups excluding tert-OH is 1. The number of hydrogen-bond donors (Lipinski definition) is 1. The normalized spacial score (nSPS) is 15.0. The van der Waals surface area contributed by atoms with Gasteiger partial charge in [-0.1, -0.05) is 48.6 Å². The Morgan fingerprint density at radius 2 is 1.88 bits per heavy atom. The Bertz CT molecular complexity index is 536. The van der Waals surface area contributed by atoms with Gasteiger partial charge >= 0.3 is 0 Å². The van der Waals surface area contributed by atoms with Crippen molar-refractivity contribution in [1.82, 2.24) is 0 Å². The maximum Gasteiger partial charge on any atom is 0.186 e. The summed E-state index contributed by atoms with van der Waals surface area (Å²) >= 11 is 0. The van der Waals surface area contributed by atoms with Crippen LogP contribution < -0.4 is 5.43 Å². The molecule has 0 heterocycles. The molecular formula is C14H12O2. The Morgan fingerprint density at radius 3 is 2.75 bits per heavy atom. The average Bonchev–Trinajstić information content (AvgIpc) is 2.59. The van der Waals surface area contributed by atoms with E-state index in [-0.39, 0.29) is 11.2 Å². The molecule has 16 heavy (non-hydrogen) atoms. The quantitative estimate of drug-likeness (QED) is 0.777. The molecule has 1 aromatic carbocycles. The highest BCUT2D eigenvalue weighted by Gasteiger charge is 2.08. The van der Waals surface area contributed by atoms with E-state index in [4.69, 9.17) is 0 Å². The van der Waals surface area contributed by atoms with Crippen LogP contribution in [0.1, 0.15) is 12.0 Å². The Morgan fingerprint density at radius 1 is 1.06 bits per heavy atom. The summed E-state index contributed by atoms with van der Waals surface area (Å²) in [4.78, 5) is 11.8. The summed E-state index contributed by atoms with van der Waals surface area (Å²) in [6.07, 6.45) is 7.75.